The molecule has 0 aromatic carbocycles. The maximum Gasteiger partial charge on any atom is 0.0594 e. The van der Waals surface area contributed by atoms with Gasteiger partial charge in [-0.1, -0.05) is 20.8 Å². The van der Waals surface area contributed by atoms with Crippen molar-refractivity contribution >= 4 is 0 Å². The van der Waals surface area contributed by atoms with Crippen molar-refractivity contribution in [2.75, 3.05) is 39.4 Å². The molecule has 112 valence electrons. The largest absolute Gasteiger partial charge is 0.379 e. The van der Waals surface area contributed by atoms with Crippen LogP contribution in [0.4, 0.5) is 0 Å². The monoisotopic (exact) mass is 268 g/mol. The summed E-state index contributed by atoms with van der Waals surface area (Å²) in [6.07, 6.45) is 5.51. The third-order valence-corrected chi connectivity index (χ3v) is 4.79. The Labute approximate surface area is 119 Å². The van der Waals surface area contributed by atoms with Crippen molar-refractivity contribution < 1.29 is 4.74 Å². The second-order valence-corrected chi connectivity index (χ2v) is 7.30. The van der Waals surface area contributed by atoms with E-state index in [9.17, 15) is 0 Å². The van der Waals surface area contributed by atoms with Crippen molar-refractivity contribution in [2.45, 2.75) is 52.5 Å². The lowest BCUT2D eigenvalue weighted by molar-refractivity contribution is -0.0149. The van der Waals surface area contributed by atoms with E-state index in [0.717, 1.165) is 32.2 Å². The maximum absolute atomic E-state index is 5.51. The topological polar surface area (TPSA) is 24.5 Å². The highest BCUT2D eigenvalue weighted by molar-refractivity contribution is 4.85. The van der Waals surface area contributed by atoms with Crippen molar-refractivity contribution in [1.29, 1.82) is 0 Å². The van der Waals surface area contributed by atoms with Crippen LogP contribution < -0.4 is 5.32 Å². The Morgan fingerprint density at radius 3 is 2.37 bits per heavy atom. The summed E-state index contributed by atoms with van der Waals surface area (Å²) in [6, 6.07) is 0.714. The number of hydrogen-bond donors (Lipinski definition) is 1. The van der Waals surface area contributed by atoms with Crippen molar-refractivity contribution in [1.82, 2.24) is 10.2 Å². The van der Waals surface area contributed by atoms with Gasteiger partial charge >= 0.3 is 0 Å². The zero-order chi connectivity index (χ0) is 13.7. The maximum atomic E-state index is 5.51. The summed E-state index contributed by atoms with van der Waals surface area (Å²) in [5.41, 5.74) is 0.379. The van der Waals surface area contributed by atoms with Gasteiger partial charge in [0.2, 0.25) is 0 Å². The molecule has 19 heavy (non-hydrogen) atoms. The van der Waals surface area contributed by atoms with E-state index in [2.05, 4.69) is 31.0 Å². The van der Waals surface area contributed by atoms with Crippen molar-refractivity contribution in [3.63, 3.8) is 0 Å². The second-order valence-electron chi connectivity index (χ2n) is 7.30. The molecule has 0 radical (unpaired) electrons. The molecule has 2 saturated heterocycles. The predicted molar refractivity (Wildman–Crippen MR) is 80.5 cm³/mol. The number of ether oxygens (including phenoxy) is 1. The van der Waals surface area contributed by atoms with E-state index >= 15 is 0 Å². The molecule has 1 unspecified atom stereocenters. The van der Waals surface area contributed by atoms with Crippen LogP contribution in [0.25, 0.3) is 0 Å². The van der Waals surface area contributed by atoms with Crippen LogP contribution >= 0.6 is 0 Å². The van der Waals surface area contributed by atoms with Gasteiger partial charge in [-0.05, 0) is 50.1 Å². The normalized spacial score (nSPS) is 25.4. The average molecular weight is 268 g/mol. The minimum absolute atomic E-state index is 0.379. The lowest BCUT2D eigenvalue weighted by atomic mass is 9.80. The van der Waals surface area contributed by atoms with Crippen LogP contribution in [0.15, 0.2) is 0 Å². The molecule has 3 heteroatoms. The molecular weight excluding hydrogens is 236 g/mol. The van der Waals surface area contributed by atoms with Crippen LogP contribution in [0.2, 0.25) is 0 Å². The molecule has 0 spiro atoms. The molecule has 0 aliphatic carbocycles. The Hall–Kier alpha value is -0.120. The summed E-state index contributed by atoms with van der Waals surface area (Å²) in [5, 5.41) is 3.47. The third-order valence-electron chi connectivity index (χ3n) is 4.79. The molecule has 0 bridgehead atoms. The van der Waals surface area contributed by atoms with E-state index in [1.165, 1.54) is 38.8 Å². The van der Waals surface area contributed by atoms with Crippen molar-refractivity contribution in [3.05, 3.63) is 0 Å². The quantitative estimate of drug-likeness (QED) is 0.848. The standard InChI is InChI=1S/C16H32N2O/c1-16(2,3)15(18-10-12-19-13-11-18)5-4-14-6-8-17-9-7-14/h14-15,17H,4-13H2,1-3H3. The van der Waals surface area contributed by atoms with E-state index in [-0.39, 0.29) is 0 Å². The molecule has 2 heterocycles. The lowest BCUT2D eigenvalue weighted by Gasteiger charge is -2.42. The first kappa shape index (κ1) is 15.3. The molecule has 0 aromatic heterocycles. The molecule has 3 nitrogen and oxygen atoms in total. The highest BCUT2D eigenvalue weighted by atomic mass is 16.5. The third kappa shape index (κ3) is 4.73. The summed E-state index contributed by atoms with van der Waals surface area (Å²) in [7, 11) is 0. The Balaban J connectivity index is 1.86. The van der Waals surface area contributed by atoms with Gasteiger partial charge in [0.1, 0.15) is 0 Å². The highest BCUT2D eigenvalue weighted by Crippen LogP contribution is 2.31. The van der Waals surface area contributed by atoms with E-state index in [4.69, 9.17) is 4.74 Å². The molecule has 1 N–H and O–H groups in total. The molecule has 0 amide bonds. The molecule has 2 aliphatic heterocycles. The fraction of sp³-hybridized carbons (Fsp3) is 1.00. The first-order valence-corrected chi connectivity index (χ1v) is 8.10. The Bertz CT molecular complexity index is 250. The number of nitrogens with zero attached hydrogens (tertiary/aromatic N) is 1. The van der Waals surface area contributed by atoms with Gasteiger partial charge in [0.15, 0.2) is 0 Å². The molecule has 1 atom stereocenters. The number of piperidine rings is 1. The highest BCUT2D eigenvalue weighted by Gasteiger charge is 2.31. The number of morpholine rings is 1. The number of rotatable bonds is 4. The molecule has 2 rings (SSSR count). The van der Waals surface area contributed by atoms with Gasteiger partial charge in [0.05, 0.1) is 13.2 Å². The zero-order valence-corrected chi connectivity index (χ0v) is 13.1. The number of nitrogens with one attached hydrogen (secondary N) is 1. The summed E-state index contributed by atoms with van der Waals surface area (Å²) in [6.45, 7) is 13.7. The second kappa shape index (κ2) is 7.05. The SMILES string of the molecule is CC(C)(C)C(CCC1CCNCC1)N1CCOCC1. The molecule has 2 aliphatic rings. The van der Waals surface area contributed by atoms with Gasteiger partial charge in [0, 0.05) is 19.1 Å². The van der Waals surface area contributed by atoms with Crippen molar-refractivity contribution in [2.24, 2.45) is 11.3 Å². The predicted octanol–water partition coefficient (Wildman–Crippen LogP) is 2.51. The van der Waals surface area contributed by atoms with Gasteiger partial charge in [-0.3, -0.25) is 4.90 Å². The Kier molecular flexibility index (Phi) is 5.67. The Morgan fingerprint density at radius 1 is 1.16 bits per heavy atom. The molecule has 0 aromatic rings. The van der Waals surface area contributed by atoms with Gasteiger partial charge in [-0.25, -0.2) is 0 Å². The summed E-state index contributed by atoms with van der Waals surface area (Å²) < 4.78 is 5.51. The fourth-order valence-corrected chi connectivity index (χ4v) is 3.62. The fourth-order valence-electron chi connectivity index (χ4n) is 3.62. The first-order chi connectivity index (χ1) is 9.07. The molecule has 0 saturated carbocycles. The van der Waals surface area contributed by atoms with Crippen LogP contribution in [0.3, 0.4) is 0 Å². The zero-order valence-electron chi connectivity index (χ0n) is 13.1. The van der Waals surface area contributed by atoms with E-state index in [0.29, 0.717) is 11.5 Å². The molecule has 2 fully saturated rings. The smallest absolute Gasteiger partial charge is 0.0594 e. The molecular formula is C16H32N2O. The number of hydrogen-bond acceptors (Lipinski definition) is 3. The minimum atomic E-state index is 0.379. The van der Waals surface area contributed by atoms with Crippen LogP contribution in [0.1, 0.15) is 46.5 Å². The van der Waals surface area contributed by atoms with Gasteiger partial charge in [-0.15, -0.1) is 0 Å². The van der Waals surface area contributed by atoms with Crippen LogP contribution in [0, 0.1) is 11.3 Å². The van der Waals surface area contributed by atoms with Gasteiger partial charge < -0.3 is 10.1 Å². The first-order valence-electron chi connectivity index (χ1n) is 8.10. The Morgan fingerprint density at radius 2 is 1.79 bits per heavy atom. The lowest BCUT2D eigenvalue weighted by Crippen LogP contribution is -2.49. The van der Waals surface area contributed by atoms with E-state index < -0.39 is 0 Å². The summed E-state index contributed by atoms with van der Waals surface area (Å²) in [5.74, 6) is 0.951. The summed E-state index contributed by atoms with van der Waals surface area (Å²) >= 11 is 0. The van der Waals surface area contributed by atoms with Crippen molar-refractivity contribution in [3.8, 4) is 0 Å². The van der Waals surface area contributed by atoms with Crippen LogP contribution in [0.5, 0.6) is 0 Å². The summed E-state index contributed by atoms with van der Waals surface area (Å²) in [4.78, 5) is 2.67. The van der Waals surface area contributed by atoms with E-state index in [1.807, 2.05) is 0 Å². The van der Waals surface area contributed by atoms with Crippen LogP contribution in [-0.2, 0) is 4.74 Å². The minimum Gasteiger partial charge on any atom is -0.379 e. The van der Waals surface area contributed by atoms with E-state index in [1.54, 1.807) is 0 Å². The van der Waals surface area contributed by atoms with Crippen LogP contribution in [-0.4, -0.2) is 50.3 Å². The average Bonchev–Trinajstić information content (AvgIpc) is 2.40. The van der Waals surface area contributed by atoms with Gasteiger partial charge in [-0.2, -0.15) is 0 Å². The van der Waals surface area contributed by atoms with Gasteiger partial charge in [0.25, 0.3) is 0 Å².